The molecule has 0 bridgehead atoms. The lowest BCUT2D eigenvalue weighted by Crippen LogP contribution is -2.44. The number of aromatic nitrogens is 5. The number of anilines is 2. The van der Waals surface area contributed by atoms with Gasteiger partial charge in [0.1, 0.15) is 12.2 Å². The number of halogens is 1. The summed E-state index contributed by atoms with van der Waals surface area (Å²) in [4.78, 5) is 66.7. The van der Waals surface area contributed by atoms with Crippen molar-refractivity contribution in [2.75, 3.05) is 11.9 Å². The van der Waals surface area contributed by atoms with Crippen LogP contribution in [0.4, 0.5) is 15.9 Å². The number of imide groups is 1. The second-order valence-electron chi connectivity index (χ2n) is 12.4. The normalized spacial score (nSPS) is 18.8. The number of amides is 4. The van der Waals surface area contributed by atoms with Crippen molar-refractivity contribution in [2.24, 2.45) is 7.05 Å². The first-order chi connectivity index (χ1) is 23.7. The maximum Gasteiger partial charge on any atom is 0.329 e. The minimum atomic E-state index is -1.02. The van der Waals surface area contributed by atoms with Gasteiger partial charge in [-0.3, -0.25) is 33.6 Å². The van der Waals surface area contributed by atoms with Crippen molar-refractivity contribution in [1.82, 2.24) is 39.7 Å². The molecule has 1 aliphatic heterocycles. The van der Waals surface area contributed by atoms with Crippen molar-refractivity contribution in [3.8, 4) is 0 Å². The Kier molecular flexibility index (Phi) is 8.40. The Balaban J connectivity index is 0.925. The van der Waals surface area contributed by atoms with Gasteiger partial charge in [0, 0.05) is 37.7 Å². The summed E-state index contributed by atoms with van der Waals surface area (Å²) in [5.41, 5.74) is 3.83. The van der Waals surface area contributed by atoms with Crippen LogP contribution < -0.4 is 27.0 Å². The molecule has 15 heteroatoms. The molecular weight excluding hydrogens is 633 g/mol. The Hall–Kier alpha value is -5.86. The number of fused-ring (bicyclic) bond motifs is 2. The van der Waals surface area contributed by atoms with Crippen molar-refractivity contribution in [3.63, 3.8) is 0 Å². The molecule has 1 unspecified atom stereocenters. The van der Waals surface area contributed by atoms with Crippen molar-refractivity contribution in [2.45, 2.75) is 56.8 Å². The fourth-order valence-electron chi connectivity index (χ4n) is 6.09. The van der Waals surface area contributed by atoms with Crippen LogP contribution in [-0.2, 0) is 23.1 Å². The third kappa shape index (κ3) is 6.51. The summed E-state index contributed by atoms with van der Waals surface area (Å²) in [5.74, 6) is -1.04. The Morgan fingerprint density at radius 2 is 1.86 bits per heavy atom. The molecule has 5 aromatic rings. The molecule has 2 aromatic carbocycles. The molecule has 1 aliphatic carbocycles. The van der Waals surface area contributed by atoms with Crippen LogP contribution in [0.3, 0.4) is 0 Å². The number of carbonyl (C=O) groups excluding carboxylic acids is 4. The number of nitrogens with one attached hydrogen (secondary N) is 4. The highest BCUT2D eigenvalue weighted by atomic mass is 19.1. The van der Waals surface area contributed by atoms with Crippen LogP contribution >= 0.6 is 0 Å². The van der Waals surface area contributed by atoms with Crippen molar-refractivity contribution >= 4 is 51.8 Å². The van der Waals surface area contributed by atoms with Crippen LogP contribution in [0.25, 0.3) is 16.7 Å². The Morgan fingerprint density at radius 3 is 2.65 bits per heavy atom. The SMILES string of the molecule is Cn1c(=O)n(C2CCC(=O)NC2=O)c2ccc(CCCCNC(=O)c3cccc(Nc4ccc5ncc(C(=O)N[C@@H]6C[C@@H]6F)n5n4)c3)cc21. The van der Waals surface area contributed by atoms with Gasteiger partial charge in [-0.15, -0.1) is 5.10 Å². The lowest BCUT2D eigenvalue weighted by molar-refractivity contribution is -0.135. The van der Waals surface area contributed by atoms with E-state index in [0.29, 0.717) is 46.7 Å². The molecule has 252 valence electrons. The number of piperidine rings is 1. The summed E-state index contributed by atoms with van der Waals surface area (Å²) < 4.78 is 17.6. The fraction of sp³-hybridized carbons (Fsp3) is 0.324. The molecule has 1 saturated carbocycles. The Labute approximate surface area is 278 Å². The zero-order chi connectivity index (χ0) is 34.2. The average molecular weight is 668 g/mol. The molecule has 3 aromatic heterocycles. The van der Waals surface area contributed by atoms with Gasteiger partial charge in [0.25, 0.3) is 11.8 Å². The number of benzene rings is 2. The number of alkyl halides is 1. The van der Waals surface area contributed by atoms with E-state index >= 15 is 0 Å². The van der Waals surface area contributed by atoms with Crippen molar-refractivity contribution in [3.05, 3.63) is 88.1 Å². The molecule has 4 amide bonds. The average Bonchev–Trinajstić information content (AvgIpc) is 3.51. The minimum Gasteiger partial charge on any atom is -0.352 e. The maximum atomic E-state index is 13.3. The van der Waals surface area contributed by atoms with Gasteiger partial charge in [-0.2, -0.15) is 0 Å². The Bertz CT molecular complexity index is 2190. The number of hydrogen-bond donors (Lipinski definition) is 4. The van der Waals surface area contributed by atoms with Crippen LogP contribution in [0, 0.1) is 0 Å². The van der Waals surface area contributed by atoms with Crippen LogP contribution in [0.1, 0.15) is 64.6 Å². The van der Waals surface area contributed by atoms with Gasteiger partial charge in [0.15, 0.2) is 17.2 Å². The van der Waals surface area contributed by atoms with Gasteiger partial charge in [0.05, 0.1) is 23.3 Å². The monoisotopic (exact) mass is 667 g/mol. The molecule has 1 saturated heterocycles. The summed E-state index contributed by atoms with van der Waals surface area (Å²) in [5, 5.41) is 15.5. The molecule has 49 heavy (non-hydrogen) atoms. The smallest absolute Gasteiger partial charge is 0.329 e. The van der Waals surface area contributed by atoms with Gasteiger partial charge in [-0.1, -0.05) is 12.1 Å². The van der Waals surface area contributed by atoms with Gasteiger partial charge in [-0.05, 0) is 73.7 Å². The number of imidazole rings is 2. The van der Waals surface area contributed by atoms with E-state index in [1.807, 2.05) is 18.2 Å². The quantitative estimate of drug-likeness (QED) is 0.123. The lowest BCUT2D eigenvalue weighted by atomic mass is 10.0. The first-order valence-corrected chi connectivity index (χ1v) is 16.1. The van der Waals surface area contributed by atoms with E-state index in [1.165, 1.54) is 19.8 Å². The zero-order valence-corrected chi connectivity index (χ0v) is 26.6. The highest BCUT2D eigenvalue weighted by Crippen LogP contribution is 2.26. The summed E-state index contributed by atoms with van der Waals surface area (Å²) in [6.07, 6.45) is 3.41. The standard InChI is InChI=1S/C34H34FN9O5/c1-42-26-15-19(8-9-24(26)43(34(42)49)25-10-13-30(45)40-32(25)47)5-2-3-14-36-31(46)20-6-4-7-21(16-20)38-28-11-12-29-37-18-27(44(29)41-28)33(48)39-23-17-22(23)35/h4,6-9,11-12,15-16,18,22-23,25H,2-3,5,10,13-14,17H2,1H3,(H,36,46)(H,38,41)(H,39,48)(H,40,45,47)/t22-,23+,25?/m0/s1. The number of aryl methyl sites for hydroxylation is 2. The van der Waals surface area contributed by atoms with E-state index in [-0.39, 0.29) is 36.0 Å². The minimum absolute atomic E-state index is 0.186. The summed E-state index contributed by atoms with van der Waals surface area (Å²) in [7, 11) is 1.67. The molecule has 0 spiro atoms. The predicted octanol–water partition coefficient (Wildman–Crippen LogP) is 2.70. The van der Waals surface area contributed by atoms with Gasteiger partial charge in [0.2, 0.25) is 11.8 Å². The number of nitrogens with zero attached hydrogens (tertiary/aromatic N) is 5. The topological polar surface area (TPSA) is 174 Å². The van der Waals surface area contributed by atoms with E-state index in [2.05, 4.69) is 31.3 Å². The first-order valence-electron chi connectivity index (χ1n) is 16.1. The van der Waals surface area contributed by atoms with E-state index in [0.717, 1.165) is 24.8 Å². The second-order valence-corrected chi connectivity index (χ2v) is 12.4. The zero-order valence-electron chi connectivity index (χ0n) is 26.6. The van der Waals surface area contributed by atoms with E-state index < -0.39 is 30.1 Å². The molecule has 2 fully saturated rings. The highest BCUT2D eigenvalue weighted by molar-refractivity contribution is 6.00. The van der Waals surface area contributed by atoms with Crippen molar-refractivity contribution < 1.29 is 23.6 Å². The third-order valence-electron chi connectivity index (χ3n) is 8.87. The van der Waals surface area contributed by atoms with Crippen LogP contribution in [0.2, 0.25) is 0 Å². The number of unbranched alkanes of at least 4 members (excludes halogenated alkanes) is 1. The summed E-state index contributed by atoms with van der Waals surface area (Å²) >= 11 is 0. The lowest BCUT2D eigenvalue weighted by Gasteiger charge is -2.21. The molecule has 2 aliphatic rings. The molecule has 14 nitrogen and oxygen atoms in total. The first kappa shape index (κ1) is 31.7. The van der Waals surface area contributed by atoms with Crippen molar-refractivity contribution in [1.29, 1.82) is 0 Å². The summed E-state index contributed by atoms with van der Waals surface area (Å²) in [6.45, 7) is 0.469. The van der Waals surface area contributed by atoms with Gasteiger partial charge in [-0.25, -0.2) is 18.7 Å². The molecular formula is C34H34FN9O5. The number of carbonyl (C=O) groups is 4. The van der Waals surface area contributed by atoms with Crippen LogP contribution in [0.15, 0.2) is 65.6 Å². The van der Waals surface area contributed by atoms with Gasteiger partial charge < -0.3 is 16.0 Å². The van der Waals surface area contributed by atoms with Crippen LogP contribution in [-0.4, -0.2) is 66.1 Å². The van der Waals surface area contributed by atoms with E-state index in [1.54, 1.807) is 43.4 Å². The van der Waals surface area contributed by atoms with Gasteiger partial charge >= 0.3 is 5.69 Å². The number of rotatable bonds is 11. The highest BCUT2D eigenvalue weighted by Gasteiger charge is 2.39. The predicted molar refractivity (Wildman–Crippen MR) is 177 cm³/mol. The second kappa shape index (κ2) is 13.0. The van der Waals surface area contributed by atoms with E-state index in [4.69, 9.17) is 0 Å². The molecule has 7 rings (SSSR count). The molecule has 3 atom stereocenters. The van der Waals surface area contributed by atoms with Crippen LogP contribution in [0.5, 0.6) is 0 Å². The Morgan fingerprint density at radius 1 is 1.02 bits per heavy atom. The largest absolute Gasteiger partial charge is 0.352 e. The maximum absolute atomic E-state index is 13.3. The van der Waals surface area contributed by atoms with E-state index in [9.17, 15) is 28.4 Å². The molecule has 0 radical (unpaired) electrons. The molecule has 4 N–H and O–H groups in total. The molecule has 4 heterocycles. The fourth-order valence-corrected chi connectivity index (χ4v) is 6.09. The number of hydrogen-bond acceptors (Lipinski definition) is 8. The summed E-state index contributed by atoms with van der Waals surface area (Å²) in [6, 6.07) is 14.9. The third-order valence-corrected chi connectivity index (χ3v) is 8.87.